The van der Waals surface area contributed by atoms with Gasteiger partial charge >= 0.3 is 5.97 Å². The molecule has 8 heteroatoms. The van der Waals surface area contributed by atoms with Gasteiger partial charge in [-0.3, -0.25) is 14.9 Å². The predicted octanol–water partition coefficient (Wildman–Crippen LogP) is 2.95. The van der Waals surface area contributed by atoms with Crippen LogP contribution in [0.3, 0.4) is 0 Å². The fourth-order valence-electron chi connectivity index (χ4n) is 2.10. The number of benzene rings is 2. The summed E-state index contributed by atoms with van der Waals surface area (Å²) in [7, 11) is 1.29. The van der Waals surface area contributed by atoms with Crippen LogP contribution >= 0.6 is 12.2 Å². The molecule has 0 spiro atoms. The van der Waals surface area contributed by atoms with Crippen molar-refractivity contribution in [2.24, 2.45) is 0 Å². The molecule has 0 fully saturated rings. The van der Waals surface area contributed by atoms with Crippen LogP contribution in [0, 0.1) is 0 Å². The number of hydrogen-bond acceptors (Lipinski definition) is 5. The second kappa shape index (κ2) is 9.44. The minimum Gasteiger partial charge on any atom is -0.465 e. The number of carbonyl (C=O) groups is 3. The maximum Gasteiger partial charge on any atom is 0.337 e. The van der Waals surface area contributed by atoms with Crippen molar-refractivity contribution in [3.8, 4) is 0 Å². The van der Waals surface area contributed by atoms with Crippen molar-refractivity contribution in [1.82, 2.24) is 5.32 Å². The predicted molar refractivity (Wildman–Crippen MR) is 107 cm³/mol. The van der Waals surface area contributed by atoms with Crippen molar-refractivity contribution in [2.45, 2.75) is 13.3 Å². The number of anilines is 2. The highest BCUT2D eigenvalue weighted by Crippen LogP contribution is 2.14. The summed E-state index contributed by atoms with van der Waals surface area (Å²) in [6.45, 7) is 1.77. The van der Waals surface area contributed by atoms with Crippen molar-refractivity contribution >= 4 is 46.5 Å². The number of methoxy groups -OCH3 is 1. The summed E-state index contributed by atoms with van der Waals surface area (Å²) in [6, 6.07) is 12.9. The number of carbonyl (C=O) groups excluding carboxylic acids is 3. The standard InChI is InChI=1S/C19H19N3O4S/c1-3-16(23)20-14-8-10-15(11-9-14)21-19(27)22-17(24)12-4-6-13(7-5-12)18(25)26-2/h4-11H,3H2,1-2H3,(H,20,23)(H2,21,22,24,27). The minimum absolute atomic E-state index is 0.0725. The van der Waals surface area contributed by atoms with Crippen LogP contribution in [0.4, 0.5) is 11.4 Å². The van der Waals surface area contributed by atoms with Gasteiger partial charge in [-0.15, -0.1) is 0 Å². The number of amides is 2. The van der Waals surface area contributed by atoms with E-state index in [1.54, 1.807) is 31.2 Å². The second-order valence-electron chi connectivity index (χ2n) is 5.46. The van der Waals surface area contributed by atoms with Gasteiger partial charge in [0.05, 0.1) is 12.7 Å². The van der Waals surface area contributed by atoms with E-state index in [-0.39, 0.29) is 11.0 Å². The molecular weight excluding hydrogens is 366 g/mol. The van der Waals surface area contributed by atoms with Gasteiger partial charge in [0.25, 0.3) is 5.91 Å². The van der Waals surface area contributed by atoms with Crippen LogP contribution in [0.2, 0.25) is 0 Å². The molecule has 0 aliphatic rings. The van der Waals surface area contributed by atoms with E-state index >= 15 is 0 Å². The van der Waals surface area contributed by atoms with Crippen molar-refractivity contribution in [3.05, 3.63) is 59.7 Å². The van der Waals surface area contributed by atoms with E-state index in [9.17, 15) is 14.4 Å². The van der Waals surface area contributed by atoms with E-state index in [4.69, 9.17) is 12.2 Å². The van der Waals surface area contributed by atoms with E-state index in [2.05, 4.69) is 20.7 Å². The van der Waals surface area contributed by atoms with Gasteiger partial charge in [-0.05, 0) is 60.7 Å². The number of hydrogen-bond donors (Lipinski definition) is 3. The number of nitrogens with one attached hydrogen (secondary N) is 3. The Morgan fingerprint density at radius 1 is 0.889 bits per heavy atom. The first kappa shape index (κ1) is 20.1. The first-order valence-corrected chi connectivity index (χ1v) is 8.54. The highest BCUT2D eigenvalue weighted by molar-refractivity contribution is 7.80. The molecule has 0 heterocycles. The van der Waals surface area contributed by atoms with Crippen LogP contribution in [-0.2, 0) is 9.53 Å². The van der Waals surface area contributed by atoms with Crippen LogP contribution in [0.15, 0.2) is 48.5 Å². The van der Waals surface area contributed by atoms with Crippen LogP contribution in [0.1, 0.15) is 34.1 Å². The van der Waals surface area contributed by atoms with Gasteiger partial charge < -0.3 is 15.4 Å². The summed E-state index contributed by atoms with van der Waals surface area (Å²) in [5.41, 5.74) is 2.04. The molecule has 0 aliphatic heterocycles. The molecule has 0 saturated heterocycles. The zero-order valence-corrected chi connectivity index (χ0v) is 15.7. The summed E-state index contributed by atoms with van der Waals surface area (Å²) in [5.74, 6) is -0.954. The molecule has 0 atom stereocenters. The number of ether oxygens (including phenoxy) is 1. The smallest absolute Gasteiger partial charge is 0.337 e. The fraction of sp³-hybridized carbons (Fsp3) is 0.158. The third kappa shape index (κ3) is 5.89. The van der Waals surface area contributed by atoms with Crippen LogP contribution in [-0.4, -0.2) is 30.0 Å². The van der Waals surface area contributed by atoms with E-state index < -0.39 is 11.9 Å². The van der Waals surface area contributed by atoms with E-state index in [0.717, 1.165) is 0 Å². The zero-order valence-electron chi connectivity index (χ0n) is 14.9. The van der Waals surface area contributed by atoms with Gasteiger partial charge in [0.1, 0.15) is 0 Å². The molecule has 3 N–H and O–H groups in total. The number of thiocarbonyl (C=S) groups is 1. The largest absolute Gasteiger partial charge is 0.465 e. The second-order valence-corrected chi connectivity index (χ2v) is 5.86. The third-order valence-electron chi connectivity index (χ3n) is 3.54. The molecule has 7 nitrogen and oxygen atoms in total. The molecular formula is C19H19N3O4S. The topological polar surface area (TPSA) is 96.5 Å². The number of esters is 1. The van der Waals surface area contributed by atoms with E-state index in [0.29, 0.717) is 28.9 Å². The van der Waals surface area contributed by atoms with Gasteiger partial charge in [0.2, 0.25) is 5.91 Å². The fourth-order valence-corrected chi connectivity index (χ4v) is 2.31. The molecule has 0 aromatic heterocycles. The average Bonchev–Trinajstić information content (AvgIpc) is 2.68. The summed E-state index contributed by atoms with van der Waals surface area (Å²) in [6.07, 6.45) is 0.400. The normalized spacial score (nSPS) is 9.85. The Balaban J connectivity index is 1.92. The molecule has 0 bridgehead atoms. The molecule has 2 aromatic carbocycles. The Morgan fingerprint density at radius 3 is 1.93 bits per heavy atom. The van der Waals surface area contributed by atoms with E-state index in [1.165, 1.54) is 31.4 Å². The zero-order chi connectivity index (χ0) is 19.8. The van der Waals surface area contributed by atoms with Crippen molar-refractivity contribution in [1.29, 1.82) is 0 Å². The Kier molecular flexibility index (Phi) is 7.01. The van der Waals surface area contributed by atoms with Crippen molar-refractivity contribution < 1.29 is 19.1 Å². The van der Waals surface area contributed by atoms with Crippen molar-refractivity contribution in [3.63, 3.8) is 0 Å². The highest BCUT2D eigenvalue weighted by Gasteiger charge is 2.10. The summed E-state index contributed by atoms with van der Waals surface area (Å²) < 4.78 is 4.61. The Morgan fingerprint density at radius 2 is 1.41 bits per heavy atom. The summed E-state index contributed by atoms with van der Waals surface area (Å²) in [5, 5.41) is 8.31. The van der Waals surface area contributed by atoms with Gasteiger partial charge in [-0.25, -0.2) is 4.79 Å². The number of rotatable bonds is 5. The maximum atomic E-state index is 12.2. The minimum atomic E-state index is -0.474. The highest BCUT2D eigenvalue weighted by atomic mass is 32.1. The quantitative estimate of drug-likeness (QED) is 0.541. The van der Waals surface area contributed by atoms with Gasteiger partial charge in [-0.2, -0.15) is 0 Å². The lowest BCUT2D eigenvalue weighted by molar-refractivity contribution is -0.115. The van der Waals surface area contributed by atoms with Gasteiger partial charge in [0.15, 0.2) is 5.11 Å². The molecule has 0 aliphatic carbocycles. The first-order valence-electron chi connectivity index (χ1n) is 8.13. The van der Waals surface area contributed by atoms with Crippen LogP contribution in [0.5, 0.6) is 0 Å². The summed E-state index contributed by atoms with van der Waals surface area (Å²) >= 11 is 5.13. The van der Waals surface area contributed by atoms with Gasteiger partial charge in [0, 0.05) is 23.4 Å². The molecule has 2 amide bonds. The van der Waals surface area contributed by atoms with Crippen molar-refractivity contribution in [2.75, 3.05) is 17.7 Å². The molecule has 2 rings (SSSR count). The molecule has 0 radical (unpaired) electrons. The molecule has 2 aromatic rings. The Bertz CT molecular complexity index is 848. The maximum absolute atomic E-state index is 12.2. The van der Waals surface area contributed by atoms with E-state index in [1.807, 2.05) is 0 Å². The SMILES string of the molecule is CCC(=O)Nc1ccc(NC(=S)NC(=O)c2ccc(C(=O)OC)cc2)cc1. The molecule has 0 saturated carbocycles. The lowest BCUT2D eigenvalue weighted by atomic mass is 10.1. The Labute approximate surface area is 162 Å². The average molecular weight is 385 g/mol. The summed E-state index contributed by atoms with van der Waals surface area (Å²) in [4.78, 5) is 35.0. The third-order valence-corrected chi connectivity index (χ3v) is 3.75. The monoisotopic (exact) mass is 385 g/mol. The first-order chi connectivity index (χ1) is 12.9. The van der Waals surface area contributed by atoms with Crippen LogP contribution in [0.25, 0.3) is 0 Å². The van der Waals surface area contributed by atoms with Crippen LogP contribution < -0.4 is 16.0 Å². The molecule has 140 valence electrons. The van der Waals surface area contributed by atoms with Gasteiger partial charge in [-0.1, -0.05) is 6.92 Å². The lowest BCUT2D eigenvalue weighted by Crippen LogP contribution is -2.34. The lowest BCUT2D eigenvalue weighted by Gasteiger charge is -2.11. The Hall–Kier alpha value is -3.26. The molecule has 0 unspecified atom stereocenters. The molecule has 27 heavy (non-hydrogen) atoms.